The minimum Gasteiger partial charge on any atom is -0.494 e. The lowest BCUT2D eigenvalue weighted by atomic mass is 9.85. The summed E-state index contributed by atoms with van der Waals surface area (Å²) < 4.78 is 34.9. The van der Waals surface area contributed by atoms with Crippen LogP contribution < -0.4 is 26.0 Å². The maximum absolute atomic E-state index is 14.6. The zero-order chi connectivity index (χ0) is 30.8. The van der Waals surface area contributed by atoms with Crippen LogP contribution in [0.3, 0.4) is 0 Å². The van der Waals surface area contributed by atoms with Gasteiger partial charge in [-0.05, 0) is 56.1 Å². The number of hydrogen-bond donors (Lipinski definition) is 5. The van der Waals surface area contributed by atoms with E-state index in [4.69, 9.17) is 16.3 Å². The van der Waals surface area contributed by atoms with Gasteiger partial charge in [-0.3, -0.25) is 14.4 Å². The smallest absolute Gasteiger partial charge is 0.291 e. The predicted molar refractivity (Wildman–Crippen MR) is 154 cm³/mol. The Morgan fingerprint density at radius 3 is 2.53 bits per heavy atom. The Labute approximate surface area is 251 Å². The Bertz CT molecular complexity index is 1560. The fourth-order valence-electron chi connectivity index (χ4n) is 5.29. The van der Waals surface area contributed by atoms with Crippen molar-refractivity contribution < 1.29 is 33.0 Å². The third-order valence-corrected chi connectivity index (χ3v) is 8.12. The molecule has 2 heterocycles. The molecule has 1 saturated heterocycles. The number of halogens is 3. The van der Waals surface area contributed by atoms with Crippen molar-refractivity contribution in [2.24, 2.45) is 13.0 Å². The highest BCUT2D eigenvalue weighted by Crippen LogP contribution is 2.30. The number of carbonyl (C=O) groups is 3. The van der Waals surface area contributed by atoms with Crippen LogP contribution in [0.1, 0.15) is 40.2 Å². The molecule has 5 rings (SSSR count). The van der Waals surface area contributed by atoms with E-state index in [1.807, 2.05) is 0 Å². The van der Waals surface area contributed by atoms with E-state index in [2.05, 4.69) is 26.3 Å². The van der Waals surface area contributed by atoms with E-state index in [9.17, 15) is 28.3 Å². The molecule has 228 valence electrons. The van der Waals surface area contributed by atoms with Crippen molar-refractivity contribution in [2.45, 2.75) is 37.5 Å². The molecule has 14 heteroatoms. The first-order valence-corrected chi connectivity index (χ1v) is 14.1. The van der Waals surface area contributed by atoms with Crippen molar-refractivity contribution in [3.05, 3.63) is 64.6 Å². The van der Waals surface area contributed by atoms with Gasteiger partial charge in [0, 0.05) is 36.9 Å². The van der Waals surface area contributed by atoms with Gasteiger partial charge in [0.15, 0.2) is 17.4 Å². The van der Waals surface area contributed by atoms with Gasteiger partial charge in [-0.25, -0.2) is 9.37 Å². The summed E-state index contributed by atoms with van der Waals surface area (Å²) in [5.41, 5.74) is 0.591. The number of imidazole rings is 1. The molecule has 1 aliphatic carbocycles. The first-order valence-electron chi connectivity index (χ1n) is 13.7. The van der Waals surface area contributed by atoms with Crippen molar-refractivity contribution >= 4 is 35.0 Å². The first-order chi connectivity index (χ1) is 20.6. The van der Waals surface area contributed by atoms with Crippen molar-refractivity contribution in [2.75, 3.05) is 25.5 Å². The molecule has 2 aromatic carbocycles. The number of aliphatic hydroxyl groups is 1. The number of β-amino-alcohol motifs (C(OH)–C–C–N with tert-alkyl or cyclic N) is 1. The number of anilines is 1. The van der Waals surface area contributed by atoms with Gasteiger partial charge in [-0.15, -0.1) is 0 Å². The lowest BCUT2D eigenvalue weighted by Crippen LogP contribution is -2.56. The molecule has 1 saturated carbocycles. The Morgan fingerprint density at radius 2 is 1.84 bits per heavy atom. The summed E-state index contributed by atoms with van der Waals surface area (Å²) in [4.78, 5) is 42.3. The van der Waals surface area contributed by atoms with Crippen molar-refractivity contribution in [3.8, 4) is 17.0 Å². The Balaban J connectivity index is 1.16. The first kappa shape index (κ1) is 30.4. The fourth-order valence-corrected chi connectivity index (χ4v) is 5.56. The van der Waals surface area contributed by atoms with E-state index in [1.54, 1.807) is 0 Å². The van der Waals surface area contributed by atoms with Crippen LogP contribution in [0.2, 0.25) is 5.02 Å². The van der Waals surface area contributed by atoms with Crippen LogP contribution in [0.15, 0.2) is 36.5 Å². The average molecular weight is 617 g/mol. The SMILES string of the molecule is COc1ccc(-c2cnc(C(=O)Nc3ccc(C(=O)N[C@H]4C[C@@H](NC(=O)[C@H]5CCNC[C@H]5O)C4)c(Cl)c3)n2C)c(F)c1F. The number of benzene rings is 2. The lowest BCUT2D eigenvalue weighted by molar-refractivity contribution is -0.131. The molecule has 11 nitrogen and oxygen atoms in total. The van der Waals surface area contributed by atoms with Crippen LogP contribution in [-0.2, 0) is 11.8 Å². The molecule has 2 fully saturated rings. The fraction of sp³-hybridized carbons (Fsp3) is 0.379. The monoisotopic (exact) mass is 616 g/mol. The number of rotatable bonds is 8. The van der Waals surface area contributed by atoms with Gasteiger partial charge >= 0.3 is 0 Å². The number of nitrogens with one attached hydrogen (secondary N) is 4. The average Bonchev–Trinajstić information content (AvgIpc) is 3.34. The highest BCUT2D eigenvalue weighted by Gasteiger charge is 2.36. The summed E-state index contributed by atoms with van der Waals surface area (Å²) in [7, 11) is 2.72. The molecule has 2 atom stereocenters. The standard InChI is InChI=1S/C29H31ClF2N6O5/c1-38-21(18-5-6-23(43-2)25(32)24(18)31)12-34-26(38)29(42)35-14-3-4-17(20(30)11-14)27(40)36-15-9-16(10-15)37-28(41)19-7-8-33-13-22(19)39/h3-6,11-12,15-16,19,22,33,39H,7-10,13H2,1-2H3,(H,35,42)(H,36,40)(H,37,41)/t15-,16+,19-,22+/m0/s1. The van der Waals surface area contributed by atoms with Gasteiger partial charge in [0.1, 0.15) is 0 Å². The summed E-state index contributed by atoms with van der Waals surface area (Å²) in [6.45, 7) is 1.07. The highest BCUT2D eigenvalue weighted by molar-refractivity contribution is 6.34. The van der Waals surface area contributed by atoms with Crippen LogP contribution in [0.5, 0.6) is 5.75 Å². The molecule has 3 amide bonds. The number of aliphatic hydroxyl groups excluding tert-OH is 1. The molecule has 43 heavy (non-hydrogen) atoms. The molecule has 1 aromatic heterocycles. The molecule has 3 aromatic rings. The van der Waals surface area contributed by atoms with Gasteiger partial charge in [0.25, 0.3) is 11.8 Å². The third kappa shape index (κ3) is 6.33. The van der Waals surface area contributed by atoms with Crippen LogP contribution in [-0.4, -0.2) is 70.8 Å². The Kier molecular flexibility index (Phi) is 8.95. The molecule has 0 bridgehead atoms. The van der Waals surface area contributed by atoms with Gasteiger partial charge < -0.3 is 35.7 Å². The number of methoxy groups -OCH3 is 1. The number of carbonyl (C=O) groups excluding carboxylic acids is 3. The molecule has 1 aliphatic heterocycles. The van der Waals surface area contributed by atoms with E-state index in [0.29, 0.717) is 38.0 Å². The molecular weight excluding hydrogens is 586 g/mol. The zero-order valence-electron chi connectivity index (χ0n) is 23.4. The number of amides is 3. The van der Waals surface area contributed by atoms with E-state index in [-0.39, 0.29) is 51.4 Å². The second-order valence-electron chi connectivity index (χ2n) is 10.6. The molecule has 5 N–H and O–H groups in total. The number of ether oxygens (including phenoxy) is 1. The minimum absolute atomic E-state index is 0.0649. The Hall–Kier alpha value is -4.07. The van der Waals surface area contributed by atoms with Gasteiger partial charge in [0.05, 0.1) is 41.6 Å². The summed E-state index contributed by atoms with van der Waals surface area (Å²) in [5, 5.41) is 21.7. The summed E-state index contributed by atoms with van der Waals surface area (Å²) in [6, 6.07) is 6.79. The topological polar surface area (TPSA) is 147 Å². The Morgan fingerprint density at radius 1 is 1.09 bits per heavy atom. The summed E-state index contributed by atoms with van der Waals surface area (Å²) >= 11 is 6.36. The quantitative estimate of drug-likeness (QED) is 0.261. The van der Waals surface area contributed by atoms with Crippen LogP contribution in [0.25, 0.3) is 11.3 Å². The van der Waals surface area contributed by atoms with E-state index < -0.39 is 35.5 Å². The van der Waals surface area contributed by atoms with Gasteiger partial charge in [-0.2, -0.15) is 4.39 Å². The maximum atomic E-state index is 14.6. The normalized spacial score (nSPS) is 21.4. The maximum Gasteiger partial charge on any atom is 0.291 e. The second kappa shape index (κ2) is 12.7. The number of piperidine rings is 1. The molecule has 0 spiro atoms. The molecule has 0 unspecified atom stereocenters. The summed E-state index contributed by atoms with van der Waals surface area (Å²) in [5.74, 6) is -4.22. The largest absolute Gasteiger partial charge is 0.494 e. The van der Waals surface area contributed by atoms with Crippen LogP contribution in [0.4, 0.5) is 14.5 Å². The van der Waals surface area contributed by atoms with E-state index in [0.717, 1.165) is 0 Å². The van der Waals surface area contributed by atoms with Gasteiger partial charge in [-0.1, -0.05) is 11.6 Å². The van der Waals surface area contributed by atoms with E-state index in [1.165, 1.54) is 55.3 Å². The third-order valence-electron chi connectivity index (χ3n) is 7.81. The number of aromatic nitrogens is 2. The molecule has 2 aliphatic rings. The zero-order valence-corrected chi connectivity index (χ0v) is 24.2. The van der Waals surface area contributed by atoms with Crippen molar-refractivity contribution in [1.82, 2.24) is 25.5 Å². The second-order valence-corrected chi connectivity index (χ2v) is 11.0. The summed E-state index contributed by atoms with van der Waals surface area (Å²) in [6.07, 6.45) is 2.23. The number of nitrogens with zero attached hydrogens (tertiary/aromatic N) is 2. The van der Waals surface area contributed by atoms with Crippen molar-refractivity contribution in [3.63, 3.8) is 0 Å². The predicted octanol–water partition coefficient (Wildman–Crippen LogP) is 2.63. The van der Waals surface area contributed by atoms with Crippen LogP contribution in [0, 0.1) is 17.6 Å². The molecular formula is C29H31ClF2N6O5. The van der Waals surface area contributed by atoms with Gasteiger partial charge in [0.2, 0.25) is 11.7 Å². The van der Waals surface area contributed by atoms with Crippen molar-refractivity contribution in [1.29, 1.82) is 0 Å². The van der Waals surface area contributed by atoms with Crippen LogP contribution >= 0.6 is 11.6 Å². The van der Waals surface area contributed by atoms with E-state index >= 15 is 0 Å². The highest BCUT2D eigenvalue weighted by atomic mass is 35.5. The minimum atomic E-state index is -1.15. The lowest BCUT2D eigenvalue weighted by Gasteiger charge is -2.38. The number of hydrogen-bond acceptors (Lipinski definition) is 7. The molecule has 0 radical (unpaired) electrons.